The molecule has 6 nitrogen and oxygen atoms in total. The van der Waals surface area contributed by atoms with Gasteiger partial charge in [-0.25, -0.2) is 0 Å². The molecule has 3 fully saturated rings. The number of guanidine groups is 1. The van der Waals surface area contributed by atoms with Crippen LogP contribution in [-0.2, 0) is 11.3 Å². The summed E-state index contributed by atoms with van der Waals surface area (Å²) in [6.45, 7) is 8.30. The Kier molecular flexibility index (Phi) is 6.85. The molecule has 2 saturated heterocycles. The second kappa shape index (κ2) is 9.60. The number of nitrogens with one attached hydrogen (secondary N) is 1. The van der Waals surface area contributed by atoms with Crippen LogP contribution >= 0.6 is 0 Å². The Morgan fingerprint density at radius 3 is 2.39 bits per heavy atom. The Bertz CT molecular complexity index is 775. The summed E-state index contributed by atoms with van der Waals surface area (Å²) in [7, 11) is 1.88. The SMILES string of the molecule is CN=C(NCc1ccc(C(=O)N2CC(C)OC(C)C2)cc1)N1CCC2(CCCCC2)C1. The molecule has 4 rings (SSSR count). The number of rotatable bonds is 3. The van der Waals surface area contributed by atoms with Gasteiger partial charge < -0.3 is 19.9 Å². The van der Waals surface area contributed by atoms with Gasteiger partial charge in [-0.1, -0.05) is 31.4 Å². The molecule has 1 amide bonds. The van der Waals surface area contributed by atoms with Gasteiger partial charge in [0.05, 0.1) is 12.2 Å². The van der Waals surface area contributed by atoms with Crippen molar-refractivity contribution in [2.24, 2.45) is 10.4 Å². The van der Waals surface area contributed by atoms with E-state index in [1.54, 1.807) is 0 Å². The summed E-state index contributed by atoms with van der Waals surface area (Å²) in [5.74, 6) is 1.09. The van der Waals surface area contributed by atoms with E-state index in [1.165, 1.54) is 38.5 Å². The number of carbonyl (C=O) groups is 1. The molecule has 1 N–H and O–H groups in total. The average Bonchev–Trinajstić information content (AvgIpc) is 3.17. The molecule has 1 saturated carbocycles. The minimum Gasteiger partial charge on any atom is -0.372 e. The normalized spacial score (nSPS) is 26.4. The van der Waals surface area contributed by atoms with Gasteiger partial charge in [0, 0.05) is 45.3 Å². The van der Waals surface area contributed by atoms with Crippen molar-refractivity contribution in [3.05, 3.63) is 35.4 Å². The van der Waals surface area contributed by atoms with Gasteiger partial charge >= 0.3 is 0 Å². The molecule has 31 heavy (non-hydrogen) atoms. The highest BCUT2D eigenvalue weighted by Gasteiger charge is 2.39. The number of amides is 1. The summed E-state index contributed by atoms with van der Waals surface area (Å²) in [5.41, 5.74) is 2.42. The number of hydrogen-bond acceptors (Lipinski definition) is 3. The number of ether oxygens (including phenoxy) is 1. The van der Waals surface area contributed by atoms with Crippen molar-refractivity contribution < 1.29 is 9.53 Å². The summed E-state index contributed by atoms with van der Waals surface area (Å²) in [6.07, 6.45) is 8.37. The third-order valence-electron chi connectivity index (χ3n) is 7.22. The van der Waals surface area contributed by atoms with Crippen LogP contribution in [0.3, 0.4) is 0 Å². The van der Waals surface area contributed by atoms with Gasteiger partial charge in [0.1, 0.15) is 0 Å². The lowest BCUT2D eigenvalue weighted by Crippen LogP contribution is -2.48. The molecule has 0 bridgehead atoms. The standard InChI is InChI=1S/C25H38N4O2/c1-19-16-29(17-20(2)31-19)23(30)22-9-7-21(8-10-22)15-27-24(26-3)28-14-13-25(18-28)11-5-4-6-12-25/h7-10,19-20H,4-6,11-18H2,1-3H3,(H,26,27). The van der Waals surface area contributed by atoms with Gasteiger partial charge in [-0.3, -0.25) is 9.79 Å². The quantitative estimate of drug-likeness (QED) is 0.592. The van der Waals surface area contributed by atoms with E-state index in [9.17, 15) is 4.79 Å². The predicted molar refractivity (Wildman–Crippen MR) is 124 cm³/mol. The van der Waals surface area contributed by atoms with Gasteiger partial charge in [0.15, 0.2) is 5.96 Å². The van der Waals surface area contributed by atoms with E-state index >= 15 is 0 Å². The predicted octanol–water partition coefficient (Wildman–Crippen LogP) is 3.67. The number of benzene rings is 1. The third-order valence-corrected chi connectivity index (χ3v) is 7.22. The number of aliphatic imine (C=N–C) groups is 1. The number of hydrogen-bond donors (Lipinski definition) is 1. The van der Waals surface area contributed by atoms with E-state index in [0.717, 1.165) is 36.7 Å². The summed E-state index contributed by atoms with van der Waals surface area (Å²) < 4.78 is 5.75. The fourth-order valence-electron chi connectivity index (χ4n) is 5.63. The molecule has 0 radical (unpaired) electrons. The first-order valence-corrected chi connectivity index (χ1v) is 12.0. The Morgan fingerprint density at radius 2 is 1.74 bits per heavy atom. The molecule has 0 aromatic heterocycles. The minimum absolute atomic E-state index is 0.0845. The van der Waals surface area contributed by atoms with Crippen LogP contribution in [-0.4, -0.2) is 67.1 Å². The lowest BCUT2D eigenvalue weighted by Gasteiger charge is -2.35. The van der Waals surface area contributed by atoms with E-state index in [2.05, 4.69) is 15.2 Å². The summed E-state index contributed by atoms with van der Waals surface area (Å²) in [5, 5.41) is 3.54. The van der Waals surface area contributed by atoms with Gasteiger partial charge in [0.2, 0.25) is 0 Å². The molecular formula is C25H38N4O2. The number of morpholine rings is 1. The smallest absolute Gasteiger partial charge is 0.254 e. The maximum atomic E-state index is 12.9. The van der Waals surface area contributed by atoms with Crippen LogP contribution in [0.1, 0.15) is 68.3 Å². The number of carbonyl (C=O) groups excluding carboxylic acids is 1. The Labute approximate surface area is 187 Å². The summed E-state index contributed by atoms with van der Waals surface area (Å²) >= 11 is 0. The fraction of sp³-hybridized carbons (Fsp3) is 0.680. The monoisotopic (exact) mass is 426 g/mol. The van der Waals surface area contributed by atoms with Crippen molar-refractivity contribution in [2.75, 3.05) is 33.2 Å². The zero-order valence-electron chi connectivity index (χ0n) is 19.4. The molecule has 2 heterocycles. The number of nitrogens with zero attached hydrogens (tertiary/aromatic N) is 3. The third kappa shape index (κ3) is 5.22. The van der Waals surface area contributed by atoms with Crippen molar-refractivity contribution in [2.45, 2.75) is 71.1 Å². The largest absolute Gasteiger partial charge is 0.372 e. The second-order valence-electron chi connectivity index (χ2n) is 9.80. The minimum atomic E-state index is 0.0845. The fourth-order valence-corrected chi connectivity index (χ4v) is 5.63. The molecule has 1 aromatic carbocycles. The van der Waals surface area contributed by atoms with E-state index in [-0.39, 0.29) is 18.1 Å². The Hall–Kier alpha value is -2.08. The molecule has 1 spiro atoms. The number of likely N-dealkylation sites (tertiary alicyclic amines) is 1. The maximum Gasteiger partial charge on any atom is 0.254 e. The van der Waals surface area contributed by atoms with E-state index in [0.29, 0.717) is 18.5 Å². The van der Waals surface area contributed by atoms with Crippen LogP contribution in [0.4, 0.5) is 0 Å². The highest BCUT2D eigenvalue weighted by atomic mass is 16.5. The van der Waals surface area contributed by atoms with Crippen molar-refractivity contribution >= 4 is 11.9 Å². The van der Waals surface area contributed by atoms with E-state index < -0.39 is 0 Å². The van der Waals surface area contributed by atoms with Gasteiger partial charge in [-0.2, -0.15) is 0 Å². The Balaban J connectivity index is 1.31. The molecule has 2 aliphatic heterocycles. The van der Waals surface area contributed by atoms with Crippen LogP contribution in [0.15, 0.2) is 29.3 Å². The Morgan fingerprint density at radius 1 is 1.06 bits per heavy atom. The van der Waals surface area contributed by atoms with Gasteiger partial charge in [-0.05, 0) is 56.2 Å². The lowest BCUT2D eigenvalue weighted by atomic mass is 9.73. The first-order chi connectivity index (χ1) is 15.0. The topological polar surface area (TPSA) is 57.2 Å². The van der Waals surface area contributed by atoms with E-state index in [1.807, 2.05) is 50.1 Å². The van der Waals surface area contributed by atoms with E-state index in [4.69, 9.17) is 4.74 Å². The summed E-state index contributed by atoms with van der Waals surface area (Å²) in [6, 6.07) is 7.99. The highest BCUT2D eigenvalue weighted by molar-refractivity contribution is 5.94. The molecule has 1 aromatic rings. The zero-order chi connectivity index (χ0) is 21.8. The van der Waals surface area contributed by atoms with Crippen LogP contribution < -0.4 is 5.32 Å². The van der Waals surface area contributed by atoms with Crippen LogP contribution in [0.25, 0.3) is 0 Å². The van der Waals surface area contributed by atoms with Crippen molar-refractivity contribution in [1.29, 1.82) is 0 Å². The molecule has 2 unspecified atom stereocenters. The first kappa shape index (κ1) is 22.1. The van der Waals surface area contributed by atoms with Crippen molar-refractivity contribution in [3.8, 4) is 0 Å². The van der Waals surface area contributed by atoms with Crippen LogP contribution in [0.2, 0.25) is 0 Å². The molecule has 170 valence electrons. The lowest BCUT2D eigenvalue weighted by molar-refractivity contribution is -0.0586. The molecule has 2 atom stereocenters. The van der Waals surface area contributed by atoms with Crippen molar-refractivity contribution in [1.82, 2.24) is 15.1 Å². The first-order valence-electron chi connectivity index (χ1n) is 12.0. The van der Waals surface area contributed by atoms with Crippen LogP contribution in [0.5, 0.6) is 0 Å². The molecular weight excluding hydrogens is 388 g/mol. The zero-order valence-corrected chi connectivity index (χ0v) is 19.4. The summed E-state index contributed by atoms with van der Waals surface area (Å²) in [4.78, 5) is 21.7. The maximum absolute atomic E-state index is 12.9. The van der Waals surface area contributed by atoms with Crippen LogP contribution in [0, 0.1) is 5.41 Å². The molecule has 6 heteroatoms. The average molecular weight is 427 g/mol. The second-order valence-corrected chi connectivity index (χ2v) is 9.80. The molecule has 3 aliphatic rings. The molecule has 1 aliphatic carbocycles. The highest BCUT2D eigenvalue weighted by Crippen LogP contribution is 2.43. The van der Waals surface area contributed by atoms with Gasteiger partial charge in [0.25, 0.3) is 5.91 Å². The van der Waals surface area contributed by atoms with Gasteiger partial charge in [-0.15, -0.1) is 0 Å². The van der Waals surface area contributed by atoms with Crippen molar-refractivity contribution in [3.63, 3.8) is 0 Å².